The van der Waals surface area contributed by atoms with Crippen molar-refractivity contribution in [3.63, 3.8) is 0 Å². The third kappa shape index (κ3) is 3.94. The third-order valence-electron chi connectivity index (χ3n) is 3.44. The third-order valence-corrected chi connectivity index (χ3v) is 4.61. The molecule has 0 radical (unpaired) electrons. The second-order valence-electron chi connectivity index (χ2n) is 5.21. The van der Waals surface area contributed by atoms with Crippen LogP contribution in [0.1, 0.15) is 10.4 Å². The zero-order chi connectivity index (χ0) is 18.7. The number of anilines is 2. The first-order valence-corrected chi connectivity index (χ1v) is 9.05. The second kappa shape index (κ2) is 8.24. The maximum atomic E-state index is 12.5. The fourth-order valence-corrected chi connectivity index (χ4v) is 3.29. The monoisotopic (exact) mass is 457 g/mol. The van der Waals surface area contributed by atoms with E-state index in [2.05, 4.69) is 31.7 Å². The molecule has 0 aliphatic rings. The molecule has 0 saturated carbocycles. The number of amides is 1. The lowest BCUT2D eigenvalue weighted by Crippen LogP contribution is -2.27. The standard InChI is InChI=1S/C16H14BrCl2N5O2/c17-9-1-2-12(11(18)7-9)22-14-10(16(25)23-26-6-3-20)8-24-5-4-21-15(24)13(14)19/h1-2,4-5,7-8,22H,3,6,20H2,(H,23,25). The minimum Gasteiger partial charge on any atom is -0.352 e. The Labute approximate surface area is 167 Å². The molecule has 0 aliphatic carbocycles. The van der Waals surface area contributed by atoms with Gasteiger partial charge in [0, 0.05) is 29.6 Å². The summed E-state index contributed by atoms with van der Waals surface area (Å²) >= 11 is 16.1. The van der Waals surface area contributed by atoms with Gasteiger partial charge in [-0.25, -0.2) is 10.5 Å². The van der Waals surface area contributed by atoms with Crippen LogP contribution in [0.25, 0.3) is 5.65 Å². The number of rotatable bonds is 6. The number of aromatic nitrogens is 2. The number of carbonyl (C=O) groups is 1. The fraction of sp³-hybridized carbons (Fsp3) is 0.125. The van der Waals surface area contributed by atoms with Crippen LogP contribution in [-0.2, 0) is 4.84 Å². The van der Waals surface area contributed by atoms with Crippen LogP contribution in [0, 0.1) is 0 Å². The van der Waals surface area contributed by atoms with Crippen molar-refractivity contribution in [3.8, 4) is 0 Å². The number of pyridine rings is 1. The Hall–Kier alpha value is -1.84. The van der Waals surface area contributed by atoms with E-state index in [1.54, 1.807) is 35.1 Å². The first kappa shape index (κ1) is 18.9. The van der Waals surface area contributed by atoms with E-state index in [4.69, 9.17) is 33.8 Å². The molecule has 0 spiro atoms. The molecule has 2 aromatic heterocycles. The highest BCUT2D eigenvalue weighted by atomic mass is 79.9. The second-order valence-corrected chi connectivity index (χ2v) is 6.91. The molecule has 0 unspecified atom stereocenters. The number of nitrogens with two attached hydrogens (primary N) is 1. The summed E-state index contributed by atoms with van der Waals surface area (Å²) in [5, 5.41) is 3.85. The Morgan fingerprint density at radius 3 is 2.92 bits per heavy atom. The molecule has 1 amide bonds. The van der Waals surface area contributed by atoms with Gasteiger partial charge in [-0.05, 0) is 18.2 Å². The molecule has 7 nitrogen and oxygen atoms in total. The number of hydrogen-bond acceptors (Lipinski definition) is 5. The van der Waals surface area contributed by atoms with Crippen molar-refractivity contribution in [1.29, 1.82) is 0 Å². The number of nitrogens with one attached hydrogen (secondary N) is 2. The molecule has 3 rings (SSSR count). The molecule has 0 aliphatic heterocycles. The van der Waals surface area contributed by atoms with Crippen molar-refractivity contribution in [2.75, 3.05) is 18.5 Å². The Morgan fingerprint density at radius 1 is 1.38 bits per heavy atom. The van der Waals surface area contributed by atoms with Crippen molar-refractivity contribution >= 4 is 62.1 Å². The lowest BCUT2D eigenvalue weighted by atomic mass is 10.2. The quantitative estimate of drug-likeness (QED) is 0.386. The molecule has 10 heteroatoms. The molecule has 3 aromatic rings. The zero-order valence-corrected chi connectivity index (χ0v) is 16.4. The molecule has 26 heavy (non-hydrogen) atoms. The van der Waals surface area contributed by atoms with E-state index in [1.807, 2.05) is 6.07 Å². The zero-order valence-electron chi connectivity index (χ0n) is 13.3. The Bertz CT molecular complexity index is 963. The molecular weight excluding hydrogens is 445 g/mol. The van der Waals surface area contributed by atoms with Crippen molar-refractivity contribution in [3.05, 3.63) is 56.9 Å². The topological polar surface area (TPSA) is 93.7 Å². The van der Waals surface area contributed by atoms with Gasteiger partial charge in [-0.15, -0.1) is 0 Å². The van der Waals surface area contributed by atoms with Gasteiger partial charge in [0.05, 0.1) is 28.6 Å². The summed E-state index contributed by atoms with van der Waals surface area (Å²) in [5.41, 5.74) is 9.41. The summed E-state index contributed by atoms with van der Waals surface area (Å²) in [6.45, 7) is 0.468. The Morgan fingerprint density at radius 2 is 2.19 bits per heavy atom. The van der Waals surface area contributed by atoms with Gasteiger partial charge in [0.25, 0.3) is 5.91 Å². The fourth-order valence-electron chi connectivity index (χ4n) is 2.27. The SMILES string of the molecule is NCCONC(=O)c1cn2ccnc2c(Cl)c1Nc1ccc(Br)cc1Cl. The molecular formula is C16H14BrCl2N5O2. The van der Waals surface area contributed by atoms with Crippen molar-refractivity contribution in [2.45, 2.75) is 0 Å². The van der Waals surface area contributed by atoms with Crippen LogP contribution in [0.15, 0.2) is 41.3 Å². The number of hydrogen-bond donors (Lipinski definition) is 3. The van der Waals surface area contributed by atoms with E-state index in [-0.39, 0.29) is 23.7 Å². The lowest BCUT2D eigenvalue weighted by Gasteiger charge is -2.16. The summed E-state index contributed by atoms with van der Waals surface area (Å²) in [7, 11) is 0. The number of hydroxylamine groups is 1. The Kier molecular flexibility index (Phi) is 6.00. The predicted octanol–water partition coefficient (Wildman–Crippen LogP) is 3.77. The van der Waals surface area contributed by atoms with Crippen LogP contribution in [-0.4, -0.2) is 28.4 Å². The number of nitrogens with zero attached hydrogens (tertiary/aromatic N) is 2. The molecule has 0 saturated heterocycles. The van der Waals surface area contributed by atoms with Gasteiger partial charge in [0.1, 0.15) is 5.02 Å². The van der Waals surface area contributed by atoms with E-state index >= 15 is 0 Å². The lowest BCUT2D eigenvalue weighted by molar-refractivity contribution is 0.0344. The van der Waals surface area contributed by atoms with Crippen molar-refractivity contribution in [2.24, 2.45) is 5.73 Å². The summed E-state index contributed by atoms with van der Waals surface area (Å²) < 4.78 is 2.48. The average Bonchev–Trinajstić information content (AvgIpc) is 3.08. The molecule has 0 bridgehead atoms. The summed E-state index contributed by atoms with van der Waals surface area (Å²) in [6.07, 6.45) is 4.88. The maximum absolute atomic E-state index is 12.5. The van der Waals surface area contributed by atoms with E-state index in [0.717, 1.165) is 4.47 Å². The number of imidazole rings is 1. The average molecular weight is 459 g/mol. The minimum atomic E-state index is -0.480. The highest BCUT2D eigenvalue weighted by Crippen LogP contribution is 2.35. The normalized spacial score (nSPS) is 10.9. The first-order valence-electron chi connectivity index (χ1n) is 7.50. The summed E-state index contributed by atoms with van der Waals surface area (Å²) in [5.74, 6) is -0.480. The number of halogens is 3. The molecule has 2 heterocycles. The van der Waals surface area contributed by atoms with Crippen molar-refractivity contribution in [1.82, 2.24) is 14.9 Å². The van der Waals surface area contributed by atoms with Gasteiger partial charge in [0.2, 0.25) is 0 Å². The molecule has 4 N–H and O–H groups in total. The first-order chi connectivity index (χ1) is 12.5. The van der Waals surface area contributed by atoms with Gasteiger partial charge < -0.3 is 15.5 Å². The van der Waals surface area contributed by atoms with Gasteiger partial charge >= 0.3 is 0 Å². The van der Waals surface area contributed by atoms with Crippen LogP contribution in [0.4, 0.5) is 11.4 Å². The largest absolute Gasteiger partial charge is 0.352 e. The van der Waals surface area contributed by atoms with Crippen LogP contribution in [0.5, 0.6) is 0 Å². The minimum absolute atomic E-state index is 0.189. The van der Waals surface area contributed by atoms with Crippen LogP contribution in [0.2, 0.25) is 10.0 Å². The molecule has 1 aromatic carbocycles. The summed E-state index contributed by atoms with van der Waals surface area (Å²) in [6, 6.07) is 5.32. The number of benzene rings is 1. The highest BCUT2D eigenvalue weighted by molar-refractivity contribution is 9.10. The van der Waals surface area contributed by atoms with Gasteiger partial charge in [0.15, 0.2) is 5.65 Å². The maximum Gasteiger partial charge on any atom is 0.278 e. The Balaban J connectivity index is 2.04. The smallest absolute Gasteiger partial charge is 0.278 e. The highest BCUT2D eigenvalue weighted by Gasteiger charge is 2.20. The molecule has 0 atom stereocenters. The van der Waals surface area contributed by atoms with Crippen LogP contribution < -0.4 is 16.5 Å². The van der Waals surface area contributed by atoms with Crippen molar-refractivity contribution < 1.29 is 9.63 Å². The van der Waals surface area contributed by atoms with Gasteiger partial charge in [-0.3, -0.25) is 9.63 Å². The van der Waals surface area contributed by atoms with Crippen LogP contribution in [0.3, 0.4) is 0 Å². The van der Waals surface area contributed by atoms with Gasteiger partial charge in [-0.2, -0.15) is 0 Å². The molecule has 0 fully saturated rings. The number of fused-ring (bicyclic) bond motifs is 1. The van der Waals surface area contributed by atoms with E-state index < -0.39 is 5.91 Å². The van der Waals surface area contributed by atoms with Crippen LogP contribution >= 0.6 is 39.1 Å². The number of carbonyl (C=O) groups excluding carboxylic acids is 1. The van der Waals surface area contributed by atoms with E-state index in [1.165, 1.54) is 0 Å². The van der Waals surface area contributed by atoms with E-state index in [9.17, 15) is 4.79 Å². The van der Waals surface area contributed by atoms with Gasteiger partial charge in [-0.1, -0.05) is 39.1 Å². The molecule has 136 valence electrons. The predicted molar refractivity (Wildman–Crippen MR) is 105 cm³/mol. The van der Waals surface area contributed by atoms with E-state index in [0.29, 0.717) is 22.0 Å². The summed E-state index contributed by atoms with van der Waals surface area (Å²) in [4.78, 5) is 21.8.